The summed E-state index contributed by atoms with van der Waals surface area (Å²) < 4.78 is 7.72. The maximum absolute atomic E-state index is 13.4. The van der Waals surface area contributed by atoms with Crippen LogP contribution in [0, 0.1) is 6.92 Å². The molecule has 0 fully saturated rings. The third-order valence-electron chi connectivity index (χ3n) is 6.06. The Bertz CT molecular complexity index is 1340. The second-order valence-corrected chi connectivity index (χ2v) is 8.61. The molecule has 1 atom stereocenters. The monoisotopic (exact) mass is 465 g/mol. The molecule has 1 aromatic heterocycles. The molecule has 5 rings (SSSR count). The van der Waals surface area contributed by atoms with Gasteiger partial charge in [-0.05, 0) is 42.7 Å². The summed E-state index contributed by atoms with van der Waals surface area (Å²) >= 11 is 0. The molecule has 35 heavy (non-hydrogen) atoms. The van der Waals surface area contributed by atoms with Crippen molar-refractivity contribution < 1.29 is 9.53 Å². The first-order valence-electron chi connectivity index (χ1n) is 11.6. The zero-order chi connectivity index (χ0) is 24.2. The third kappa shape index (κ3) is 4.94. The molecule has 0 aliphatic carbocycles. The van der Waals surface area contributed by atoms with Crippen molar-refractivity contribution in [1.29, 1.82) is 0 Å². The van der Waals surface area contributed by atoms with E-state index in [4.69, 9.17) is 4.74 Å². The minimum Gasteiger partial charge on any atom is -0.489 e. The highest BCUT2D eigenvalue weighted by molar-refractivity contribution is 5.96. The van der Waals surface area contributed by atoms with Crippen molar-refractivity contribution in [2.45, 2.75) is 33.0 Å². The van der Waals surface area contributed by atoms with Crippen LogP contribution in [0.4, 0.5) is 5.95 Å². The summed E-state index contributed by atoms with van der Waals surface area (Å²) in [6.45, 7) is 4.89. The maximum Gasteiger partial charge on any atom is 0.251 e. The zero-order valence-corrected chi connectivity index (χ0v) is 19.7. The molecule has 176 valence electrons. The number of anilines is 1. The van der Waals surface area contributed by atoms with Gasteiger partial charge in [-0.15, -0.1) is 0 Å². The van der Waals surface area contributed by atoms with Gasteiger partial charge in [-0.2, -0.15) is 10.1 Å². The molecule has 2 N–H and O–H groups in total. The quantitative estimate of drug-likeness (QED) is 0.411. The average Bonchev–Trinajstić information content (AvgIpc) is 3.35. The van der Waals surface area contributed by atoms with Crippen LogP contribution < -0.4 is 15.4 Å². The van der Waals surface area contributed by atoms with Gasteiger partial charge in [0.1, 0.15) is 24.7 Å². The lowest BCUT2D eigenvalue weighted by Gasteiger charge is -2.28. The molecule has 3 aromatic carbocycles. The lowest BCUT2D eigenvalue weighted by atomic mass is 9.95. The van der Waals surface area contributed by atoms with Gasteiger partial charge in [0, 0.05) is 12.2 Å². The molecule has 0 unspecified atom stereocenters. The first-order valence-corrected chi connectivity index (χ1v) is 11.6. The number of carbonyl (C=O) groups excluding carboxylic acids is 1. The molecule has 7 nitrogen and oxygen atoms in total. The van der Waals surface area contributed by atoms with Gasteiger partial charge >= 0.3 is 0 Å². The van der Waals surface area contributed by atoms with Gasteiger partial charge in [-0.3, -0.25) is 4.79 Å². The van der Waals surface area contributed by atoms with Crippen molar-refractivity contribution in [3.8, 4) is 5.75 Å². The Morgan fingerprint density at radius 3 is 2.46 bits per heavy atom. The van der Waals surface area contributed by atoms with Gasteiger partial charge in [-0.1, -0.05) is 72.3 Å². The van der Waals surface area contributed by atoms with Crippen LogP contribution in [0.25, 0.3) is 0 Å². The standard InChI is InChI=1S/C28H27N5O2/c1-19-8-10-22(11-9-19)17-35-24-14-12-23(13-15-24)26-25(20(2)32-28-30-18-31-33(26)28)27(34)29-16-21-6-4-3-5-7-21/h3-15,18,26H,16-17H2,1-2H3,(H,29,34)(H,30,31,32)/t26-/m0/s1. The molecular weight excluding hydrogens is 438 g/mol. The number of ether oxygens (including phenoxy) is 1. The van der Waals surface area contributed by atoms with E-state index in [1.807, 2.05) is 61.5 Å². The first kappa shape index (κ1) is 22.4. The van der Waals surface area contributed by atoms with Crippen LogP contribution in [0.15, 0.2) is 96.5 Å². The molecule has 0 spiro atoms. The average molecular weight is 466 g/mol. The summed E-state index contributed by atoms with van der Waals surface area (Å²) in [4.78, 5) is 17.7. The van der Waals surface area contributed by atoms with Crippen molar-refractivity contribution in [1.82, 2.24) is 20.1 Å². The van der Waals surface area contributed by atoms with E-state index in [1.54, 1.807) is 4.68 Å². The second-order valence-electron chi connectivity index (χ2n) is 8.61. The first-order chi connectivity index (χ1) is 17.1. The summed E-state index contributed by atoms with van der Waals surface area (Å²) in [7, 11) is 0. The van der Waals surface area contributed by atoms with Crippen molar-refractivity contribution >= 4 is 11.9 Å². The van der Waals surface area contributed by atoms with Gasteiger partial charge in [0.2, 0.25) is 5.95 Å². The van der Waals surface area contributed by atoms with Gasteiger partial charge in [0.25, 0.3) is 5.91 Å². The summed E-state index contributed by atoms with van der Waals surface area (Å²) in [5, 5.41) is 10.7. The van der Waals surface area contributed by atoms with Gasteiger partial charge in [0.05, 0.1) is 5.57 Å². The molecule has 4 aromatic rings. The number of aryl methyl sites for hydroxylation is 1. The number of nitrogens with zero attached hydrogens (tertiary/aromatic N) is 3. The largest absolute Gasteiger partial charge is 0.489 e. The normalized spacial score (nSPS) is 14.7. The van der Waals surface area contributed by atoms with Crippen LogP contribution in [0.5, 0.6) is 5.75 Å². The van der Waals surface area contributed by atoms with E-state index >= 15 is 0 Å². The van der Waals surface area contributed by atoms with Crippen molar-refractivity contribution in [3.63, 3.8) is 0 Å². The Hall–Kier alpha value is -4.39. The molecule has 1 aliphatic heterocycles. The number of amides is 1. The molecule has 1 aliphatic rings. The summed E-state index contributed by atoms with van der Waals surface area (Å²) in [6, 6.07) is 25.5. The third-order valence-corrected chi connectivity index (χ3v) is 6.06. The number of aromatic nitrogens is 3. The molecule has 2 heterocycles. The van der Waals surface area contributed by atoms with Crippen molar-refractivity contribution in [2.24, 2.45) is 0 Å². The Morgan fingerprint density at radius 1 is 0.971 bits per heavy atom. The van der Waals surface area contributed by atoms with Crippen LogP contribution in [0.1, 0.15) is 35.2 Å². The Labute approximate surface area is 204 Å². The molecule has 0 bridgehead atoms. The van der Waals surface area contributed by atoms with E-state index in [0.717, 1.165) is 28.1 Å². The van der Waals surface area contributed by atoms with Crippen LogP contribution in [0.3, 0.4) is 0 Å². The van der Waals surface area contributed by atoms with Crippen molar-refractivity contribution in [3.05, 3.63) is 119 Å². The topological polar surface area (TPSA) is 81.1 Å². The van der Waals surface area contributed by atoms with Crippen LogP contribution in [-0.4, -0.2) is 20.7 Å². The number of rotatable bonds is 7. The minimum atomic E-state index is -0.407. The predicted molar refractivity (Wildman–Crippen MR) is 135 cm³/mol. The second kappa shape index (κ2) is 9.85. The van der Waals surface area contributed by atoms with E-state index < -0.39 is 6.04 Å². The molecule has 0 saturated carbocycles. The SMILES string of the molecule is CC1=C(C(=O)NCc2ccccc2)[C@H](c2ccc(OCc3ccc(C)cc3)cc2)n2ncnc2N1. The fraction of sp³-hybridized carbons (Fsp3) is 0.179. The fourth-order valence-electron chi connectivity index (χ4n) is 4.16. The van der Waals surface area contributed by atoms with Gasteiger partial charge < -0.3 is 15.4 Å². The molecule has 0 saturated heterocycles. The maximum atomic E-state index is 13.4. The van der Waals surface area contributed by atoms with Gasteiger partial charge in [0.15, 0.2) is 0 Å². The van der Waals surface area contributed by atoms with Crippen LogP contribution >= 0.6 is 0 Å². The molecular formula is C28H27N5O2. The van der Waals surface area contributed by atoms with Crippen LogP contribution in [0.2, 0.25) is 0 Å². The molecule has 7 heteroatoms. The summed E-state index contributed by atoms with van der Waals surface area (Å²) in [5.41, 5.74) is 5.65. The van der Waals surface area contributed by atoms with E-state index in [9.17, 15) is 4.79 Å². The highest BCUT2D eigenvalue weighted by atomic mass is 16.5. The van der Waals surface area contributed by atoms with E-state index in [0.29, 0.717) is 24.7 Å². The Morgan fingerprint density at radius 2 is 1.71 bits per heavy atom. The highest BCUT2D eigenvalue weighted by Gasteiger charge is 2.33. The van der Waals surface area contributed by atoms with Crippen LogP contribution in [-0.2, 0) is 17.9 Å². The minimum absolute atomic E-state index is 0.148. The number of nitrogens with one attached hydrogen (secondary N) is 2. The Kier molecular flexibility index (Phi) is 6.30. The number of hydrogen-bond donors (Lipinski definition) is 2. The van der Waals surface area contributed by atoms with E-state index in [2.05, 4.69) is 51.9 Å². The predicted octanol–water partition coefficient (Wildman–Crippen LogP) is 4.77. The van der Waals surface area contributed by atoms with Crippen molar-refractivity contribution in [2.75, 3.05) is 5.32 Å². The number of benzene rings is 3. The summed E-state index contributed by atoms with van der Waals surface area (Å²) in [5.74, 6) is 1.22. The Balaban J connectivity index is 1.36. The van der Waals surface area contributed by atoms with E-state index in [1.165, 1.54) is 11.9 Å². The molecule has 0 radical (unpaired) electrons. The highest BCUT2D eigenvalue weighted by Crippen LogP contribution is 2.35. The lowest BCUT2D eigenvalue weighted by molar-refractivity contribution is -0.118. The number of fused-ring (bicyclic) bond motifs is 1. The number of allylic oxidation sites excluding steroid dienone is 1. The molecule has 1 amide bonds. The number of hydrogen-bond acceptors (Lipinski definition) is 5. The van der Waals surface area contributed by atoms with Gasteiger partial charge in [-0.25, -0.2) is 4.68 Å². The summed E-state index contributed by atoms with van der Waals surface area (Å²) in [6.07, 6.45) is 1.49. The van der Waals surface area contributed by atoms with E-state index in [-0.39, 0.29) is 5.91 Å². The fourth-order valence-corrected chi connectivity index (χ4v) is 4.16. The number of carbonyl (C=O) groups is 1. The smallest absolute Gasteiger partial charge is 0.251 e. The zero-order valence-electron chi connectivity index (χ0n) is 19.7. The lowest BCUT2D eigenvalue weighted by Crippen LogP contribution is -2.34.